The second-order valence-electron chi connectivity index (χ2n) is 7.01. The maximum atomic E-state index is 12.3. The molecule has 0 radical (unpaired) electrons. The minimum atomic E-state index is -4.76. The second-order valence-corrected chi connectivity index (χ2v) is 8.52. The van der Waals surface area contributed by atoms with Gasteiger partial charge in [-0.05, 0) is 48.5 Å². The normalized spacial score (nSPS) is 17.3. The Balaban J connectivity index is 1.47. The molecule has 0 unspecified atom stereocenters. The first-order chi connectivity index (χ1) is 14.6. The zero-order valence-electron chi connectivity index (χ0n) is 16.0. The number of primary amides is 1. The maximum Gasteiger partial charge on any atom is 0.573 e. The molecule has 0 bridgehead atoms. The van der Waals surface area contributed by atoms with Crippen LogP contribution in [0.1, 0.15) is 27.2 Å². The smallest absolute Gasteiger partial charge is 0.406 e. The van der Waals surface area contributed by atoms with Crippen molar-refractivity contribution in [2.75, 3.05) is 23.8 Å². The summed E-state index contributed by atoms with van der Waals surface area (Å²) in [4.78, 5) is 13.1. The number of thiocarbonyl (C=S) groups is 1. The van der Waals surface area contributed by atoms with E-state index in [-0.39, 0.29) is 10.9 Å². The predicted octanol–water partition coefficient (Wildman–Crippen LogP) is 3.79. The quantitative estimate of drug-likeness (QED) is 0.582. The Labute approximate surface area is 184 Å². The van der Waals surface area contributed by atoms with Crippen LogP contribution in [0.25, 0.3) is 0 Å². The summed E-state index contributed by atoms with van der Waals surface area (Å²) in [6.45, 7) is 1.07. The van der Waals surface area contributed by atoms with Gasteiger partial charge in [0.25, 0.3) is 5.91 Å². The molecule has 1 aromatic carbocycles. The lowest BCUT2D eigenvalue weighted by Crippen LogP contribution is -2.36. The second kappa shape index (κ2) is 8.26. The highest BCUT2D eigenvalue weighted by molar-refractivity contribution is 7.80. The van der Waals surface area contributed by atoms with Crippen LogP contribution in [0.15, 0.2) is 24.3 Å². The monoisotopic (exact) mass is 473 g/mol. The van der Waals surface area contributed by atoms with Gasteiger partial charge < -0.3 is 30.6 Å². The molecule has 1 amide bonds. The van der Waals surface area contributed by atoms with E-state index in [0.717, 1.165) is 22.6 Å². The molecule has 166 valence electrons. The lowest BCUT2D eigenvalue weighted by atomic mass is 9.90. The largest absolute Gasteiger partial charge is 0.573 e. The molecule has 1 fully saturated rings. The number of alkyl halides is 3. The lowest BCUT2D eigenvalue weighted by Gasteiger charge is -2.31. The van der Waals surface area contributed by atoms with E-state index in [0.29, 0.717) is 48.7 Å². The molecule has 4 rings (SSSR count). The van der Waals surface area contributed by atoms with Gasteiger partial charge in [0.15, 0.2) is 10.9 Å². The molecular formula is C19H18F3N3O4S2. The van der Waals surface area contributed by atoms with Crippen LogP contribution in [0.5, 0.6) is 5.75 Å². The summed E-state index contributed by atoms with van der Waals surface area (Å²) >= 11 is 6.65. The number of ether oxygens (including phenoxy) is 3. The van der Waals surface area contributed by atoms with Crippen molar-refractivity contribution in [1.29, 1.82) is 0 Å². The van der Waals surface area contributed by atoms with Gasteiger partial charge >= 0.3 is 6.36 Å². The fourth-order valence-corrected chi connectivity index (χ4v) is 5.29. The van der Waals surface area contributed by atoms with Crippen LogP contribution in [-0.2, 0) is 22.3 Å². The molecule has 1 spiro atoms. The Morgan fingerprint density at radius 3 is 2.48 bits per heavy atom. The average Bonchev–Trinajstić information content (AvgIpc) is 3.26. The van der Waals surface area contributed by atoms with Crippen LogP contribution in [0.2, 0.25) is 0 Å². The van der Waals surface area contributed by atoms with E-state index in [1.165, 1.54) is 23.5 Å². The van der Waals surface area contributed by atoms with E-state index < -0.39 is 18.1 Å². The van der Waals surface area contributed by atoms with Gasteiger partial charge in [-0.3, -0.25) is 4.79 Å². The van der Waals surface area contributed by atoms with Crippen LogP contribution in [0.3, 0.4) is 0 Å². The van der Waals surface area contributed by atoms with Crippen LogP contribution in [-0.4, -0.2) is 36.4 Å². The first-order valence-electron chi connectivity index (χ1n) is 9.30. The third-order valence-corrected chi connectivity index (χ3v) is 6.26. The van der Waals surface area contributed by atoms with Crippen molar-refractivity contribution in [3.8, 4) is 5.75 Å². The first kappa shape index (κ1) is 21.8. The summed E-state index contributed by atoms with van der Waals surface area (Å²) in [6, 6.07) is 5.11. The topological polar surface area (TPSA) is 94.8 Å². The number of amides is 1. The highest BCUT2D eigenvalue weighted by Gasteiger charge is 2.42. The number of benzene rings is 1. The summed E-state index contributed by atoms with van der Waals surface area (Å²) in [6.07, 6.45) is -3.02. The molecule has 2 heterocycles. The molecule has 0 saturated carbocycles. The van der Waals surface area contributed by atoms with Gasteiger partial charge in [-0.15, -0.1) is 24.5 Å². The van der Waals surface area contributed by atoms with Crippen molar-refractivity contribution >= 4 is 45.3 Å². The van der Waals surface area contributed by atoms with Crippen molar-refractivity contribution in [2.24, 2.45) is 5.73 Å². The number of nitrogens with two attached hydrogens (primary N) is 1. The molecule has 31 heavy (non-hydrogen) atoms. The summed E-state index contributed by atoms with van der Waals surface area (Å²) in [5.41, 5.74) is 7.31. The molecule has 1 aliphatic carbocycles. The number of halogens is 3. The SMILES string of the molecule is NC(=O)c1c(NC(=S)Nc2ccc(OC(F)(F)F)cc2)sc2c1CCC1(C2)OCCO1. The number of thiophene rings is 1. The van der Waals surface area contributed by atoms with E-state index in [1.54, 1.807) is 0 Å². The summed E-state index contributed by atoms with van der Waals surface area (Å²) in [7, 11) is 0. The van der Waals surface area contributed by atoms with Gasteiger partial charge in [0.05, 0.1) is 18.8 Å². The molecule has 1 saturated heterocycles. The summed E-state index contributed by atoms with van der Waals surface area (Å²) < 4.78 is 52.2. The van der Waals surface area contributed by atoms with Crippen molar-refractivity contribution in [3.63, 3.8) is 0 Å². The van der Waals surface area contributed by atoms with Gasteiger partial charge in [0, 0.05) is 23.4 Å². The van der Waals surface area contributed by atoms with E-state index in [4.69, 9.17) is 27.4 Å². The number of anilines is 2. The Morgan fingerprint density at radius 1 is 1.19 bits per heavy atom. The zero-order valence-corrected chi connectivity index (χ0v) is 17.6. The van der Waals surface area contributed by atoms with Gasteiger partial charge in [-0.1, -0.05) is 0 Å². The van der Waals surface area contributed by atoms with Crippen molar-refractivity contribution in [3.05, 3.63) is 40.3 Å². The van der Waals surface area contributed by atoms with Crippen molar-refractivity contribution < 1.29 is 32.2 Å². The molecular weight excluding hydrogens is 455 g/mol. The number of carbonyl (C=O) groups excluding carboxylic acids is 1. The Kier molecular flexibility index (Phi) is 5.81. The average molecular weight is 473 g/mol. The van der Waals surface area contributed by atoms with Gasteiger partial charge in [0.1, 0.15) is 10.8 Å². The van der Waals surface area contributed by atoms with E-state index in [9.17, 15) is 18.0 Å². The van der Waals surface area contributed by atoms with Gasteiger partial charge in [-0.25, -0.2) is 0 Å². The van der Waals surface area contributed by atoms with Crippen LogP contribution in [0.4, 0.5) is 23.9 Å². The highest BCUT2D eigenvalue weighted by atomic mass is 32.1. The van der Waals surface area contributed by atoms with E-state index in [1.807, 2.05) is 0 Å². The number of carbonyl (C=O) groups is 1. The van der Waals surface area contributed by atoms with Crippen LogP contribution in [0, 0.1) is 0 Å². The van der Waals surface area contributed by atoms with Crippen molar-refractivity contribution in [2.45, 2.75) is 31.4 Å². The van der Waals surface area contributed by atoms with Crippen LogP contribution < -0.4 is 21.1 Å². The maximum absolute atomic E-state index is 12.3. The van der Waals surface area contributed by atoms with Gasteiger partial charge in [-0.2, -0.15) is 0 Å². The first-order valence-corrected chi connectivity index (χ1v) is 10.5. The molecule has 2 aliphatic rings. The molecule has 2 aromatic rings. The third kappa shape index (κ3) is 4.92. The Hall–Kier alpha value is -2.41. The van der Waals surface area contributed by atoms with Crippen molar-refractivity contribution in [1.82, 2.24) is 0 Å². The van der Waals surface area contributed by atoms with E-state index >= 15 is 0 Å². The van der Waals surface area contributed by atoms with Gasteiger partial charge in [0.2, 0.25) is 0 Å². The minimum absolute atomic E-state index is 0.161. The fourth-order valence-electron chi connectivity index (χ4n) is 3.67. The highest BCUT2D eigenvalue weighted by Crippen LogP contribution is 2.43. The molecule has 7 nitrogen and oxygen atoms in total. The number of hydrogen-bond acceptors (Lipinski definition) is 6. The lowest BCUT2D eigenvalue weighted by molar-refractivity contribution is -0.274. The predicted molar refractivity (Wildman–Crippen MR) is 112 cm³/mol. The Bertz CT molecular complexity index is 1000. The number of fused-ring (bicyclic) bond motifs is 1. The zero-order chi connectivity index (χ0) is 22.2. The number of hydrogen-bond donors (Lipinski definition) is 3. The summed E-state index contributed by atoms with van der Waals surface area (Å²) in [5, 5.41) is 6.50. The summed E-state index contributed by atoms with van der Waals surface area (Å²) in [5.74, 6) is -1.56. The van der Waals surface area contributed by atoms with E-state index in [2.05, 4.69) is 15.4 Å². The number of rotatable bonds is 4. The fraction of sp³-hybridized carbons (Fsp3) is 0.368. The van der Waals surface area contributed by atoms with Crippen LogP contribution >= 0.6 is 23.6 Å². The Morgan fingerprint density at radius 2 is 1.87 bits per heavy atom. The molecule has 12 heteroatoms. The molecule has 4 N–H and O–H groups in total. The standard InChI is InChI=1S/C19H18F3N3O4S2/c20-19(21,22)29-11-3-1-10(2-4-11)24-17(30)25-16-14(15(23)26)12-5-6-18(9-13(12)31-16)27-7-8-28-18/h1-4H,5-9H2,(H2,23,26)(H2,24,25,30). The minimum Gasteiger partial charge on any atom is -0.406 e. The molecule has 1 aliphatic heterocycles. The molecule has 1 aromatic heterocycles. The number of nitrogens with one attached hydrogen (secondary N) is 2. The third-order valence-electron chi connectivity index (χ3n) is 4.91. The molecule has 0 atom stereocenters.